The molecule has 1 aliphatic rings. The van der Waals surface area contributed by atoms with Crippen molar-refractivity contribution >= 4 is 21.8 Å². The van der Waals surface area contributed by atoms with Crippen LogP contribution in [0.1, 0.15) is 16.8 Å². The predicted molar refractivity (Wildman–Crippen MR) is 93.7 cm³/mol. The van der Waals surface area contributed by atoms with Crippen LogP contribution in [0.15, 0.2) is 53.0 Å². The molecule has 5 heteroatoms. The molecular formula is C18H19BrN2O2. The third-order valence-corrected chi connectivity index (χ3v) is 4.54. The summed E-state index contributed by atoms with van der Waals surface area (Å²) < 4.78 is 6.86. The molecule has 2 N–H and O–H groups in total. The van der Waals surface area contributed by atoms with Gasteiger partial charge in [0.15, 0.2) is 0 Å². The van der Waals surface area contributed by atoms with Crippen LogP contribution in [-0.2, 0) is 0 Å². The summed E-state index contributed by atoms with van der Waals surface area (Å²) in [4.78, 5) is 14.6. The van der Waals surface area contributed by atoms with Gasteiger partial charge in [-0.1, -0.05) is 34.1 Å². The van der Waals surface area contributed by atoms with Gasteiger partial charge in [-0.3, -0.25) is 4.79 Å². The molecule has 2 aromatic rings. The van der Waals surface area contributed by atoms with Crippen LogP contribution in [0.2, 0.25) is 0 Å². The molecule has 1 saturated heterocycles. The number of carbonyl (C=O) groups excluding carboxylic acids is 1. The number of halogens is 1. The van der Waals surface area contributed by atoms with Crippen molar-refractivity contribution in [1.82, 2.24) is 4.90 Å². The number of carbonyl (C=O) groups is 1. The van der Waals surface area contributed by atoms with Gasteiger partial charge in [-0.05, 0) is 49.2 Å². The Balaban J connectivity index is 1.82. The highest BCUT2D eigenvalue weighted by atomic mass is 79.9. The first kappa shape index (κ1) is 16.0. The molecular weight excluding hydrogens is 356 g/mol. The Bertz CT molecular complexity index is 705. The fourth-order valence-corrected chi connectivity index (χ4v) is 3.15. The average molecular weight is 375 g/mol. The maximum atomic E-state index is 12.8. The molecule has 0 aliphatic carbocycles. The Kier molecular flexibility index (Phi) is 4.98. The predicted octanol–water partition coefficient (Wildman–Crippen LogP) is 3.66. The number of benzene rings is 2. The SMILES string of the molecule is NC[C@@H]1CCN(C(=O)c2ccccc2Oc2cccc(Br)c2)C1. The fourth-order valence-electron chi connectivity index (χ4n) is 2.77. The van der Waals surface area contributed by atoms with E-state index in [2.05, 4.69) is 15.9 Å². The number of nitrogens with two attached hydrogens (primary N) is 1. The molecule has 1 heterocycles. The molecule has 2 aromatic carbocycles. The summed E-state index contributed by atoms with van der Waals surface area (Å²) in [6.45, 7) is 2.10. The lowest BCUT2D eigenvalue weighted by Gasteiger charge is -2.18. The van der Waals surface area contributed by atoms with Crippen LogP contribution in [0.4, 0.5) is 0 Å². The van der Waals surface area contributed by atoms with Gasteiger partial charge < -0.3 is 15.4 Å². The van der Waals surface area contributed by atoms with Crippen LogP contribution in [0.3, 0.4) is 0 Å². The van der Waals surface area contributed by atoms with Gasteiger partial charge in [0.1, 0.15) is 11.5 Å². The van der Waals surface area contributed by atoms with Crippen molar-refractivity contribution in [2.24, 2.45) is 11.7 Å². The molecule has 1 fully saturated rings. The second kappa shape index (κ2) is 7.15. The summed E-state index contributed by atoms with van der Waals surface area (Å²) in [7, 11) is 0. The van der Waals surface area contributed by atoms with Crippen LogP contribution in [0, 0.1) is 5.92 Å². The van der Waals surface area contributed by atoms with E-state index in [9.17, 15) is 4.79 Å². The highest BCUT2D eigenvalue weighted by Gasteiger charge is 2.27. The minimum Gasteiger partial charge on any atom is -0.456 e. The summed E-state index contributed by atoms with van der Waals surface area (Å²) in [6.07, 6.45) is 0.969. The molecule has 3 rings (SSSR count). The highest BCUT2D eigenvalue weighted by molar-refractivity contribution is 9.10. The van der Waals surface area contributed by atoms with Crippen molar-refractivity contribution in [1.29, 1.82) is 0 Å². The third-order valence-electron chi connectivity index (χ3n) is 4.05. The average Bonchev–Trinajstić information content (AvgIpc) is 3.04. The highest BCUT2D eigenvalue weighted by Crippen LogP contribution is 2.29. The van der Waals surface area contributed by atoms with Crippen molar-refractivity contribution in [3.63, 3.8) is 0 Å². The van der Waals surface area contributed by atoms with Crippen LogP contribution in [-0.4, -0.2) is 30.4 Å². The third kappa shape index (κ3) is 3.74. The van der Waals surface area contributed by atoms with E-state index >= 15 is 0 Å². The first-order chi connectivity index (χ1) is 11.2. The van der Waals surface area contributed by atoms with E-state index in [-0.39, 0.29) is 5.91 Å². The lowest BCUT2D eigenvalue weighted by molar-refractivity contribution is 0.0785. The van der Waals surface area contributed by atoms with E-state index in [0.29, 0.717) is 29.5 Å². The summed E-state index contributed by atoms with van der Waals surface area (Å²) in [6, 6.07) is 14.9. The molecule has 4 nitrogen and oxygen atoms in total. The molecule has 0 unspecified atom stereocenters. The van der Waals surface area contributed by atoms with Crippen molar-refractivity contribution < 1.29 is 9.53 Å². The van der Waals surface area contributed by atoms with Crippen LogP contribution in [0.25, 0.3) is 0 Å². The van der Waals surface area contributed by atoms with Gasteiger partial charge in [0.05, 0.1) is 5.56 Å². The summed E-state index contributed by atoms with van der Waals surface area (Å²) in [5, 5.41) is 0. The molecule has 0 bridgehead atoms. The summed E-state index contributed by atoms with van der Waals surface area (Å²) in [5.74, 6) is 1.68. The second-order valence-electron chi connectivity index (χ2n) is 5.70. The molecule has 0 saturated carbocycles. The van der Waals surface area contributed by atoms with Gasteiger partial charge in [-0.15, -0.1) is 0 Å². The van der Waals surface area contributed by atoms with Gasteiger partial charge in [-0.25, -0.2) is 0 Å². The van der Waals surface area contributed by atoms with Gasteiger partial charge >= 0.3 is 0 Å². The van der Waals surface area contributed by atoms with Crippen LogP contribution in [0.5, 0.6) is 11.5 Å². The molecule has 23 heavy (non-hydrogen) atoms. The van der Waals surface area contributed by atoms with Crippen LogP contribution < -0.4 is 10.5 Å². The quantitative estimate of drug-likeness (QED) is 0.888. The lowest BCUT2D eigenvalue weighted by Crippen LogP contribution is -2.30. The van der Waals surface area contributed by atoms with E-state index in [4.69, 9.17) is 10.5 Å². The van der Waals surface area contributed by atoms with Crippen LogP contribution >= 0.6 is 15.9 Å². The number of nitrogens with zero attached hydrogens (tertiary/aromatic N) is 1. The molecule has 0 spiro atoms. The van der Waals surface area contributed by atoms with Crippen molar-refractivity contribution in [2.75, 3.05) is 19.6 Å². The summed E-state index contributed by atoms with van der Waals surface area (Å²) >= 11 is 3.42. The molecule has 1 aliphatic heterocycles. The van der Waals surface area contributed by atoms with E-state index in [1.54, 1.807) is 0 Å². The zero-order chi connectivity index (χ0) is 16.2. The van der Waals surface area contributed by atoms with E-state index in [0.717, 1.165) is 24.0 Å². The zero-order valence-electron chi connectivity index (χ0n) is 12.7. The maximum Gasteiger partial charge on any atom is 0.257 e. The van der Waals surface area contributed by atoms with E-state index in [1.807, 2.05) is 53.4 Å². The van der Waals surface area contributed by atoms with Crippen molar-refractivity contribution in [3.05, 3.63) is 58.6 Å². The van der Waals surface area contributed by atoms with Crippen molar-refractivity contribution in [3.8, 4) is 11.5 Å². The molecule has 120 valence electrons. The minimum absolute atomic E-state index is 0.00606. The Morgan fingerprint density at radius 2 is 2.09 bits per heavy atom. The minimum atomic E-state index is 0.00606. The Hall–Kier alpha value is -1.85. The van der Waals surface area contributed by atoms with E-state index < -0.39 is 0 Å². The first-order valence-electron chi connectivity index (χ1n) is 7.69. The molecule has 0 radical (unpaired) electrons. The number of para-hydroxylation sites is 1. The molecule has 0 aromatic heterocycles. The second-order valence-corrected chi connectivity index (χ2v) is 6.61. The number of hydrogen-bond acceptors (Lipinski definition) is 3. The normalized spacial score (nSPS) is 17.3. The Morgan fingerprint density at radius 1 is 1.26 bits per heavy atom. The number of likely N-dealkylation sites (tertiary alicyclic amines) is 1. The van der Waals surface area contributed by atoms with Gasteiger partial charge in [-0.2, -0.15) is 0 Å². The molecule has 1 atom stereocenters. The topological polar surface area (TPSA) is 55.6 Å². The Labute approximate surface area is 144 Å². The van der Waals surface area contributed by atoms with Crippen molar-refractivity contribution in [2.45, 2.75) is 6.42 Å². The Morgan fingerprint density at radius 3 is 2.83 bits per heavy atom. The lowest BCUT2D eigenvalue weighted by atomic mass is 10.1. The largest absolute Gasteiger partial charge is 0.456 e. The number of amides is 1. The smallest absolute Gasteiger partial charge is 0.257 e. The standard InChI is InChI=1S/C18H19BrN2O2/c19-14-4-3-5-15(10-14)23-17-7-2-1-6-16(17)18(22)21-9-8-13(11-20)12-21/h1-7,10,13H,8-9,11-12,20H2/t13-/m0/s1. The van der Waals surface area contributed by atoms with E-state index in [1.165, 1.54) is 0 Å². The number of rotatable bonds is 4. The number of hydrogen-bond donors (Lipinski definition) is 1. The molecule has 1 amide bonds. The number of ether oxygens (including phenoxy) is 1. The van der Waals surface area contributed by atoms with Gasteiger partial charge in [0.2, 0.25) is 0 Å². The first-order valence-corrected chi connectivity index (χ1v) is 8.48. The fraction of sp³-hybridized carbons (Fsp3) is 0.278. The maximum absolute atomic E-state index is 12.8. The monoisotopic (exact) mass is 374 g/mol. The summed E-state index contributed by atoms with van der Waals surface area (Å²) in [5.41, 5.74) is 6.30. The van der Waals surface area contributed by atoms with Gasteiger partial charge in [0, 0.05) is 17.6 Å². The van der Waals surface area contributed by atoms with Gasteiger partial charge in [0.25, 0.3) is 5.91 Å². The zero-order valence-corrected chi connectivity index (χ0v) is 14.3.